The summed E-state index contributed by atoms with van der Waals surface area (Å²) in [5.41, 5.74) is 7.96. The zero-order valence-corrected chi connectivity index (χ0v) is 11.9. The van der Waals surface area contributed by atoms with Crippen molar-refractivity contribution in [2.24, 2.45) is 5.73 Å². The highest BCUT2D eigenvalue weighted by atomic mass is 19.1. The van der Waals surface area contributed by atoms with Crippen molar-refractivity contribution in [3.63, 3.8) is 0 Å². The van der Waals surface area contributed by atoms with Crippen molar-refractivity contribution in [2.45, 2.75) is 26.3 Å². The van der Waals surface area contributed by atoms with Crippen LogP contribution in [0.15, 0.2) is 18.2 Å². The van der Waals surface area contributed by atoms with Crippen molar-refractivity contribution < 1.29 is 4.39 Å². The average molecular weight is 265 g/mol. The fourth-order valence-corrected chi connectivity index (χ4v) is 2.71. The van der Waals surface area contributed by atoms with Crippen LogP contribution in [0.1, 0.15) is 31.9 Å². The summed E-state index contributed by atoms with van der Waals surface area (Å²) < 4.78 is 13.4. The molecule has 1 saturated heterocycles. The Morgan fingerprint density at radius 3 is 2.53 bits per heavy atom. The summed E-state index contributed by atoms with van der Waals surface area (Å²) in [6, 6.07) is 4.82. The zero-order valence-electron chi connectivity index (χ0n) is 11.9. The van der Waals surface area contributed by atoms with E-state index in [1.165, 1.54) is 12.5 Å². The molecule has 1 aliphatic heterocycles. The Balaban J connectivity index is 2.11. The summed E-state index contributed by atoms with van der Waals surface area (Å²) in [5, 5.41) is 0. The lowest BCUT2D eigenvalue weighted by atomic mass is 10.0. The zero-order chi connectivity index (χ0) is 13.8. The first-order valence-corrected chi connectivity index (χ1v) is 7.14. The smallest absolute Gasteiger partial charge is 0.123 e. The van der Waals surface area contributed by atoms with Crippen molar-refractivity contribution in [1.82, 2.24) is 4.90 Å². The topological polar surface area (TPSA) is 32.5 Å². The van der Waals surface area contributed by atoms with Crippen LogP contribution in [-0.2, 0) is 0 Å². The maximum Gasteiger partial charge on any atom is 0.123 e. The van der Waals surface area contributed by atoms with E-state index in [2.05, 4.69) is 16.7 Å². The number of halogens is 1. The summed E-state index contributed by atoms with van der Waals surface area (Å²) in [6.45, 7) is 9.41. The molecule has 106 valence electrons. The summed E-state index contributed by atoms with van der Waals surface area (Å²) in [7, 11) is 0. The lowest BCUT2D eigenvalue weighted by Crippen LogP contribution is -2.47. The van der Waals surface area contributed by atoms with Crippen LogP contribution in [0.2, 0.25) is 0 Å². The van der Waals surface area contributed by atoms with E-state index in [0.717, 1.165) is 44.0 Å². The van der Waals surface area contributed by atoms with Crippen LogP contribution >= 0.6 is 0 Å². The molecule has 0 aromatic heterocycles. The molecule has 0 saturated carbocycles. The molecule has 0 radical (unpaired) electrons. The van der Waals surface area contributed by atoms with Crippen LogP contribution in [0, 0.1) is 5.82 Å². The minimum Gasteiger partial charge on any atom is -0.369 e. The van der Waals surface area contributed by atoms with Crippen LogP contribution in [0.5, 0.6) is 0 Å². The second kappa shape index (κ2) is 6.35. The molecule has 1 aromatic carbocycles. The molecule has 1 aliphatic rings. The predicted molar refractivity (Wildman–Crippen MR) is 77.9 cm³/mol. The van der Waals surface area contributed by atoms with E-state index in [1.54, 1.807) is 6.07 Å². The molecule has 1 heterocycles. The summed E-state index contributed by atoms with van der Waals surface area (Å²) in [5.74, 6) is -0.208. The van der Waals surface area contributed by atoms with Gasteiger partial charge in [-0.2, -0.15) is 0 Å². The number of hydrogen-bond acceptors (Lipinski definition) is 3. The Morgan fingerprint density at radius 1 is 1.26 bits per heavy atom. The predicted octanol–water partition coefficient (Wildman–Crippen LogP) is 2.38. The summed E-state index contributed by atoms with van der Waals surface area (Å²) in [6.07, 6.45) is 1.20. The van der Waals surface area contributed by atoms with Gasteiger partial charge in [-0.05, 0) is 43.7 Å². The van der Waals surface area contributed by atoms with E-state index in [0.29, 0.717) is 0 Å². The summed E-state index contributed by atoms with van der Waals surface area (Å²) in [4.78, 5) is 4.80. The van der Waals surface area contributed by atoms with Gasteiger partial charge in [0.2, 0.25) is 0 Å². The van der Waals surface area contributed by atoms with E-state index >= 15 is 0 Å². The van der Waals surface area contributed by atoms with Crippen LogP contribution in [0.25, 0.3) is 0 Å². The maximum absolute atomic E-state index is 13.4. The van der Waals surface area contributed by atoms with E-state index in [4.69, 9.17) is 5.73 Å². The molecule has 0 unspecified atom stereocenters. The molecular weight excluding hydrogens is 241 g/mol. The largest absolute Gasteiger partial charge is 0.369 e. The molecule has 2 rings (SSSR count). The van der Waals surface area contributed by atoms with E-state index < -0.39 is 0 Å². The molecule has 4 heteroatoms. The minimum atomic E-state index is -0.208. The average Bonchev–Trinajstić information content (AvgIpc) is 2.40. The van der Waals surface area contributed by atoms with Gasteiger partial charge in [-0.3, -0.25) is 4.90 Å². The van der Waals surface area contributed by atoms with Gasteiger partial charge in [-0.15, -0.1) is 0 Å². The number of hydrogen-bond donors (Lipinski definition) is 1. The molecule has 1 fully saturated rings. The Labute approximate surface area is 115 Å². The SMILES string of the molecule is CCCN1CCN(c2ccc(F)cc2[C@H](C)N)CC1. The first kappa shape index (κ1) is 14.3. The van der Waals surface area contributed by atoms with Gasteiger partial charge < -0.3 is 10.6 Å². The van der Waals surface area contributed by atoms with Crippen molar-refractivity contribution >= 4 is 5.69 Å². The van der Waals surface area contributed by atoms with Crippen LogP contribution in [0.4, 0.5) is 10.1 Å². The standard InChI is InChI=1S/C15H24FN3/c1-3-6-18-7-9-19(10-8-18)15-5-4-13(16)11-14(15)12(2)17/h4-5,11-12H,3,6-10,17H2,1-2H3/t12-/m0/s1. The molecule has 2 N–H and O–H groups in total. The maximum atomic E-state index is 13.4. The Hall–Kier alpha value is -1.13. The fraction of sp³-hybridized carbons (Fsp3) is 0.600. The van der Waals surface area contributed by atoms with Crippen LogP contribution in [0.3, 0.4) is 0 Å². The molecule has 0 spiro atoms. The molecule has 1 atom stereocenters. The number of piperazine rings is 1. The van der Waals surface area contributed by atoms with Gasteiger partial charge in [-0.1, -0.05) is 6.92 Å². The highest BCUT2D eigenvalue weighted by molar-refractivity contribution is 5.55. The van der Waals surface area contributed by atoms with Gasteiger partial charge in [0, 0.05) is 37.9 Å². The monoisotopic (exact) mass is 265 g/mol. The quantitative estimate of drug-likeness (QED) is 0.907. The number of benzene rings is 1. The Morgan fingerprint density at radius 2 is 1.95 bits per heavy atom. The van der Waals surface area contributed by atoms with Gasteiger partial charge in [-0.25, -0.2) is 4.39 Å². The minimum absolute atomic E-state index is 0.139. The normalized spacial score (nSPS) is 18.6. The van der Waals surface area contributed by atoms with Gasteiger partial charge in [0.25, 0.3) is 0 Å². The second-order valence-corrected chi connectivity index (χ2v) is 5.32. The third-order valence-electron chi connectivity index (χ3n) is 3.73. The molecule has 0 amide bonds. The van der Waals surface area contributed by atoms with Crippen molar-refractivity contribution in [3.8, 4) is 0 Å². The van der Waals surface area contributed by atoms with E-state index in [-0.39, 0.29) is 11.9 Å². The van der Waals surface area contributed by atoms with Crippen molar-refractivity contribution in [2.75, 3.05) is 37.6 Å². The Kier molecular flexibility index (Phi) is 4.77. The van der Waals surface area contributed by atoms with E-state index in [1.807, 2.05) is 13.0 Å². The molecule has 0 bridgehead atoms. The first-order chi connectivity index (χ1) is 9.11. The van der Waals surface area contributed by atoms with Crippen LogP contribution in [-0.4, -0.2) is 37.6 Å². The van der Waals surface area contributed by atoms with Gasteiger partial charge >= 0.3 is 0 Å². The molecule has 0 aliphatic carbocycles. The third kappa shape index (κ3) is 3.45. The Bertz CT molecular complexity index is 412. The number of anilines is 1. The number of rotatable bonds is 4. The number of nitrogens with zero attached hydrogens (tertiary/aromatic N) is 2. The summed E-state index contributed by atoms with van der Waals surface area (Å²) >= 11 is 0. The molecule has 19 heavy (non-hydrogen) atoms. The van der Waals surface area contributed by atoms with Crippen molar-refractivity contribution in [3.05, 3.63) is 29.6 Å². The highest BCUT2D eigenvalue weighted by Gasteiger charge is 2.20. The highest BCUT2D eigenvalue weighted by Crippen LogP contribution is 2.27. The van der Waals surface area contributed by atoms with Gasteiger partial charge in [0.15, 0.2) is 0 Å². The van der Waals surface area contributed by atoms with Gasteiger partial charge in [0.05, 0.1) is 0 Å². The van der Waals surface area contributed by atoms with E-state index in [9.17, 15) is 4.39 Å². The van der Waals surface area contributed by atoms with Crippen LogP contribution < -0.4 is 10.6 Å². The molecular formula is C15H24FN3. The number of nitrogens with two attached hydrogens (primary N) is 1. The fourth-order valence-electron chi connectivity index (χ4n) is 2.71. The van der Waals surface area contributed by atoms with Gasteiger partial charge in [0.1, 0.15) is 5.82 Å². The second-order valence-electron chi connectivity index (χ2n) is 5.32. The first-order valence-electron chi connectivity index (χ1n) is 7.14. The lowest BCUT2D eigenvalue weighted by molar-refractivity contribution is 0.258. The van der Waals surface area contributed by atoms with Crippen molar-refractivity contribution in [1.29, 1.82) is 0 Å². The molecule has 3 nitrogen and oxygen atoms in total. The lowest BCUT2D eigenvalue weighted by Gasteiger charge is -2.37. The molecule has 1 aromatic rings. The third-order valence-corrected chi connectivity index (χ3v) is 3.73.